The van der Waals surface area contributed by atoms with E-state index in [2.05, 4.69) is 0 Å². The number of hydrogen-bond donors (Lipinski definition) is 0. The molecule has 0 spiro atoms. The van der Waals surface area contributed by atoms with Crippen LogP contribution in [0.3, 0.4) is 0 Å². The topological polar surface area (TPSA) is 76.2 Å². The molecule has 144 valence electrons. The van der Waals surface area contributed by atoms with Crippen molar-refractivity contribution in [1.82, 2.24) is 9.21 Å². The molecule has 2 fully saturated rings. The second kappa shape index (κ2) is 7.54. The standard InChI is InChI=1S/C18H26N2O5S/c1-13-12-17(14(2)11-16(13)24-3)26(22,23)20-6-4-5-15(20)18(21)19-7-9-25-10-8-19/h11-12,15H,4-10H2,1-3H3/t15-/m0/s1. The van der Waals surface area contributed by atoms with Gasteiger partial charge in [0, 0.05) is 19.6 Å². The highest BCUT2D eigenvalue weighted by molar-refractivity contribution is 7.89. The number of nitrogens with zero attached hydrogens (tertiary/aromatic N) is 2. The Morgan fingerprint density at radius 2 is 1.85 bits per heavy atom. The first-order chi connectivity index (χ1) is 12.4. The molecule has 3 rings (SSSR count). The smallest absolute Gasteiger partial charge is 0.244 e. The van der Waals surface area contributed by atoms with E-state index in [1.165, 1.54) is 4.31 Å². The first-order valence-corrected chi connectivity index (χ1v) is 10.3. The molecule has 0 bridgehead atoms. The van der Waals surface area contributed by atoms with E-state index in [0.717, 1.165) is 5.56 Å². The molecule has 2 heterocycles. The summed E-state index contributed by atoms with van der Waals surface area (Å²) in [5.74, 6) is 0.543. The Hall–Kier alpha value is -1.64. The van der Waals surface area contributed by atoms with E-state index >= 15 is 0 Å². The highest BCUT2D eigenvalue weighted by atomic mass is 32.2. The Morgan fingerprint density at radius 3 is 2.50 bits per heavy atom. The van der Waals surface area contributed by atoms with Crippen LogP contribution in [0.2, 0.25) is 0 Å². The zero-order valence-electron chi connectivity index (χ0n) is 15.5. The van der Waals surface area contributed by atoms with Crippen LogP contribution in [0.5, 0.6) is 5.75 Å². The Morgan fingerprint density at radius 1 is 1.15 bits per heavy atom. The van der Waals surface area contributed by atoms with Gasteiger partial charge >= 0.3 is 0 Å². The van der Waals surface area contributed by atoms with E-state index in [4.69, 9.17) is 9.47 Å². The normalized spacial score (nSPS) is 21.8. The summed E-state index contributed by atoms with van der Waals surface area (Å²) in [6.45, 7) is 5.98. The second-order valence-corrected chi connectivity index (χ2v) is 8.66. The van der Waals surface area contributed by atoms with Crippen LogP contribution in [-0.2, 0) is 19.6 Å². The summed E-state index contributed by atoms with van der Waals surface area (Å²) >= 11 is 0. The molecule has 0 aliphatic carbocycles. The Kier molecular flexibility index (Phi) is 5.55. The van der Waals surface area contributed by atoms with Crippen molar-refractivity contribution in [1.29, 1.82) is 0 Å². The molecule has 1 aromatic carbocycles. The fourth-order valence-electron chi connectivity index (χ4n) is 3.66. The van der Waals surface area contributed by atoms with Crippen LogP contribution in [-0.4, -0.2) is 69.5 Å². The van der Waals surface area contributed by atoms with Gasteiger partial charge in [0.15, 0.2) is 0 Å². The highest BCUT2D eigenvalue weighted by Crippen LogP contribution is 2.32. The van der Waals surface area contributed by atoms with Gasteiger partial charge in [0.05, 0.1) is 25.2 Å². The van der Waals surface area contributed by atoms with Gasteiger partial charge in [-0.15, -0.1) is 0 Å². The summed E-state index contributed by atoms with van der Waals surface area (Å²) in [4.78, 5) is 14.8. The third-order valence-electron chi connectivity index (χ3n) is 5.09. The number of benzene rings is 1. The van der Waals surface area contributed by atoms with Crippen molar-refractivity contribution in [3.05, 3.63) is 23.3 Å². The number of rotatable bonds is 4. The summed E-state index contributed by atoms with van der Waals surface area (Å²) in [5, 5.41) is 0. The maximum absolute atomic E-state index is 13.3. The van der Waals surface area contributed by atoms with Crippen molar-refractivity contribution in [3.63, 3.8) is 0 Å². The van der Waals surface area contributed by atoms with Gasteiger partial charge in [0.25, 0.3) is 0 Å². The van der Waals surface area contributed by atoms with E-state index in [9.17, 15) is 13.2 Å². The van der Waals surface area contributed by atoms with Crippen molar-refractivity contribution in [2.75, 3.05) is 40.0 Å². The summed E-state index contributed by atoms with van der Waals surface area (Å²) in [5.41, 5.74) is 1.38. The van der Waals surface area contributed by atoms with Crippen molar-refractivity contribution in [2.45, 2.75) is 37.6 Å². The molecule has 26 heavy (non-hydrogen) atoms. The van der Waals surface area contributed by atoms with Crippen molar-refractivity contribution < 1.29 is 22.7 Å². The molecule has 0 aromatic heterocycles. The summed E-state index contributed by atoms with van der Waals surface area (Å²) in [7, 11) is -2.19. The largest absolute Gasteiger partial charge is 0.496 e. The maximum Gasteiger partial charge on any atom is 0.244 e. The number of methoxy groups -OCH3 is 1. The van der Waals surface area contributed by atoms with Gasteiger partial charge in [0.1, 0.15) is 11.8 Å². The SMILES string of the molecule is COc1cc(C)c(S(=O)(=O)N2CCC[C@H]2C(=O)N2CCOCC2)cc1C. The van der Waals surface area contributed by atoms with E-state index < -0.39 is 16.1 Å². The molecule has 2 aliphatic heterocycles. The van der Waals surface area contributed by atoms with Crippen LogP contribution in [0.25, 0.3) is 0 Å². The predicted octanol–water partition coefficient (Wildman–Crippen LogP) is 1.32. The zero-order valence-corrected chi connectivity index (χ0v) is 16.3. The number of carbonyl (C=O) groups excluding carboxylic acids is 1. The molecule has 1 amide bonds. The number of morpholine rings is 1. The number of carbonyl (C=O) groups is 1. The molecule has 8 heteroatoms. The minimum absolute atomic E-state index is 0.114. The number of hydrogen-bond acceptors (Lipinski definition) is 5. The van der Waals surface area contributed by atoms with E-state index in [1.807, 2.05) is 6.92 Å². The lowest BCUT2D eigenvalue weighted by atomic mass is 10.1. The third kappa shape index (κ3) is 3.45. The van der Waals surface area contributed by atoms with Gasteiger partial charge < -0.3 is 14.4 Å². The second-order valence-electron chi connectivity index (χ2n) is 6.80. The van der Waals surface area contributed by atoms with Gasteiger partial charge in [0.2, 0.25) is 15.9 Å². The van der Waals surface area contributed by atoms with Gasteiger partial charge in [-0.1, -0.05) is 0 Å². The van der Waals surface area contributed by atoms with E-state index in [0.29, 0.717) is 57.0 Å². The lowest BCUT2D eigenvalue weighted by Crippen LogP contribution is -2.51. The molecule has 2 aliphatic rings. The average Bonchev–Trinajstić information content (AvgIpc) is 3.14. The number of aryl methyl sites for hydroxylation is 2. The molecule has 0 unspecified atom stereocenters. The number of amides is 1. The molecule has 7 nitrogen and oxygen atoms in total. The van der Waals surface area contributed by atoms with Crippen molar-refractivity contribution in [2.24, 2.45) is 0 Å². The fraction of sp³-hybridized carbons (Fsp3) is 0.611. The molecule has 2 saturated heterocycles. The minimum Gasteiger partial charge on any atom is -0.496 e. The minimum atomic E-state index is -3.75. The van der Waals surface area contributed by atoms with E-state index in [1.54, 1.807) is 31.1 Å². The molecule has 1 aromatic rings. The van der Waals surface area contributed by atoms with Crippen LogP contribution < -0.4 is 4.74 Å². The predicted molar refractivity (Wildman–Crippen MR) is 96.8 cm³/mol. The highest BCUT2D eigenvalue weighted by Gasteiger charge is 2.42. The third-order valence-corrected chi connectivity index (χ3v) is 7.14. The van der Waals surface area contributed by atoms with Crippen molar-refractivity contribution >= 4 is 15.9 Å². The van der Waals surface area contributed by atoms with E-state index in [-0.39, 0.29) is 10.8 Å². The Labute approximate surface area is 154 Å². The fourth-order valence-corrected chi connectivity index (χ4v) is 5.60. The quantitative estimate of drug-likeness (QED) is 0.785. The molecule has 1 atom stereocenters. The van der Waals surface area contributed by atoms with Gasteiger partial charge in [-0.2, -0.15) is 4.31 Å². The maximum atomic E-state index is 13.3. The lowest BCUT2D eigenvalue weighted by molar-refractivity contribution is -0.138. The first kappa shape index (κ1) is 19.1. The lowest BCUT2D eigenvalue weighted by Gasteiger charge is -2.32. The van der Waals surface area contributed by atoms with Gasteiger partial charge in [-0.3, -0.25) is 4.79 Å². The van der Waals surface area contributed by atoms with Gasteiger partial charge in [-0.05, 0) is 49.9 Å². The molecule has 0 saturated carbocycles. The van der Waals surface area contributed by atoms with Crippen LogP contribution in [0.15, 0.2) is 17.0 Å². The van der Waals surface area contributed by atoms with Gasteiger partial charge in [-0.25, -0.2) is 8.42 Å². The molecule has 0 N–H and O–H groups in total. The monoisotopic (exact) mass is 382 g/mol. The Balaban J connectivity index is 1.90. The molecule has 0 radical (unpaired) electrons. The van der Waals surface area contributed by atoms with Crippen LogP contribution >= 0.6 is 0 Å². The van der Waals surface area contributed by atoms with Crippen LogP contribution in [0, 0.1) is 13.8 Å². The number of sulfonamides is 1. The molecular weight excluding hydrogens is 356 g/mol. The Bertz CT molecular complexity index is 787. The number of ether oxygens (including phenoxy) is 2. The summed E-state index contributed by atoms with van der Waals surface area (Å²) in [6.07, 6.45) is 1.25. The van der Waals surface area contributed by atoms with Crippen molar-refractivity contribution in [3.8, 4) is 5.75 Å². The summed E-state index contributed by atoms with van der Waals surface area (Å²) < 4.78 is 38.5. The average molecular weight is 382 g/mol. The first-order valence-electron chi connectivity index (χ1n) is 8.90. The summed E-state index contributed by atoms with van der Waals surface area (Å²) in [6, 6.07) is 2.75. The molecular formula is C18H26N2O5S. The van der Waals surface area contributed by atoms with Crippen LogP contribution in [0.1, 0.15) is 24.0 Å². The van der Waals surface area contributed by atoms with Crippen LogP contribution in [0.4, 0.5) is 0 Å². The zero-order chi connectivity index (χ0) is 18.9.